The lowest BCUT2D eigenvalue weighted by Crippen LogP contribution is -2.60. The number of hydrogen-bond donors (Lipinski definition) is 1. The average molecular weight is 678 g/mol. The fourth-order valence-electron chi connectivity index (χ4n) is 5.30. The molecule has 48 heavy (non-hydrogen) atoms. The number of halogens is 3. The van der Waals surface area contributed by atoms with E-state index in [-0.39, 0.29) is 61.4 Å². The standard InChI is InChI=1S/C34H42F3N3O8/c1-8-46-31(43)23-10-22(11-24(12-23)32(44)47-9-2)30(42)40-18-19(3)39(17-20(40)4)29(41)15-25(38-33(45)48-34(5,6)7)13-21-14-27(36)28(37)16-26(21)35/h10-12,14,16,19-20,25H,8-9,13,15,17-18H2,1-7H3,(H,38,45)/t19?,20?,25-/m1/s1. The molecule has 1 heterocycles. The van der Waals surface area contributed by atoms with Crippen molar-refractivity contribution in [3.63, 3.8) is 0 Å². The predicted molar refractivity (Wildman–Crippen MR) is 168 cm³/mol. The smallest absolute Gasteiger partial charge is 0.407 e. The van der Waals surface area contributed by atoms with Crippen molar-refractivity contribution in [3.05, 3.63) is 70.0 Å². The topological polar surface area (TPSA) is 132 Å². The molecule has 2 aromatic carbocycles. The molecule has 11 nitrogen and oxygen atoms in total. The minimum atomic E-state index is -1.37. The van der Waals surface area contributed by atoms with Crippen LogP contribution in [0.2, 0.25) is 0 Å². The maximum absolute atomic E-state index is 14.5. The second-order valence-corrected chi connectivity index (χ2v) is 12.6. The van der Waals surface area contributed by atoms with Crippen LogP contribution in [0.25, 0.3) is 0 Å². The average Bonchev–Trinajstić information content (AvgIpc) is 2.99. The van der Waals surface area contributed by atoms with E-state index in [4.69, 9.17) is 14.2 Å². The Morgan fingerprint density at radius 1 is 0.792 bits per heavy atom. The number of nitrogens with one attached hydrogen (secondary N) is 1. The van der Waals surface area contributed by atoms with Gasteiger partial charge in [0.15, 0.2) is 11.6 Å². The van der Waals surface area contributed by atoms with Gasteiger partial charge in [0.25, 0.3) is 5.91 Å². The Kier molecular flexibility index (Phi) is 12.6. The molecule has 3 rings (SSSR count). The summed E-state index contributed by atoms with van der Waals surface area (Å²) >= 11 is 0. The molecule has 3 atom stereocenters. The first-order chi connectivity index (χ1) is 22.4. The molecular formula is C34H42F3N3O8. The van der Waals surface area contributed by atoms with Gasteiger partial charge in [0, 0.05) is 49.3 Å². The molecule has 1 N–H and O–H groups in total. The van der Waals surface area contributed by atoms with Crippen LogP contribution >= 0.6 is 0 Å². The van der Waals surface area contributed by atoms with Crippen molar-refractivity contribution >= 4 is 29.8 Å². The molecule has 0 radical (unpaired) electrons. The number of nitrogens with zero attached hydrogens (tertiary/aromatic N) is 2. The summed E-state index contributed by atoms with van der Waals surface area (Å²) in [5.41, 5.74) is -1.07. The third-order valence-electron chi connectivity index (χ3n) is 7.47. The van der Waals surface area contributed by atoms with E-state index in [0.29, 0.717) is 12.1 Å². The van der Waals surface area contributed by atoms with Gasteiger partial charge in [-0.3, -0.25) is 9.59 Å². The molecule has 0 aromatic heterocycles. The number of amides is 3. The van der Waals surface area contributed by atoms with E-state index in [2.05, 4.69) is 5.32 Å². The van der Waals surface area contributed by atoms with E-state index in [0.717, 1.165) is 0 Å². The van der Waals surface area contributed by atoms with Crippen LogP contribution in [0, 0.1) is 17.5 Å². The van der Waals surface area contributed by atoms with E-state index >= 15 is 0 Å². The van der Waals surface area contributed by atoms with E-state index in [1.807, 2.05) is 0 Å². The van der Waals surface area contributed by atoms with Gasteiger partial charge < -0.3 is 29.3 Å². The van der Waals surface area contributed by atoms with Gasteiger partial charge in [-0.25, -0.2) is 27.6 Å². The zero-order chi connectivity index (χ0) is 35.9. The first kappa shape index (κ1) is 37.8. The SMILES string of the molecule is CCOC(=O)c1cc(C(=O)OCC)cc(C(=O)N2CC(C)N(C(=O)C[C@@H](Cc3cc(F)c(F)cc3F)NC(=O)OC(C)(C)C)CC2C)c1. The van der Waals surface area contributed by atoms with Gasteiger partial charge in [-0.2, -0.15) is 0 Å². The highest BCUT2D eigenvalue weighted by molar-refractivity contribution is 6.02. The van der Waals surface area contributed by atoms with Crippen LogP contribution in [0.5, 0.6) is 0 Å². The van der Waals surface area contributed by atoms with Crippen LogP contribution in [0.1, 0.15) is 91.5 Å². The first-order valence-corrected chi connectivity index (χ1v) is 15.7. The van der Waals surface area contributed by atoms with Crippen LogP contribution in [-0.4, -0.2) is 89.7 Å². The van der Waals surface area contributed by atoms with Gasteiger partial charge >= 0.3 is 18.0 Å². The third-order valence-corrected chi connectivity index (χ3v) is 7.47. The van der Waals surface area contributed by atoms with Gasteiger partial charge in [-0.05, 0) is 84.7 Å². The van der Waals surface area contributed by atoms with Crippen molar-refractivity contribution in [2.45, 2.75) is 85.0 Å². The predicted octanol–water partition coefficient (Wildman–Crippen LogP) is 5.04. The van der Waals surface area contributed by atoms with Crippen molar-refractivity contribution in [1.29, 1.82) is 0 Å². The fourth-order valence-corrected chi connectivity index (χ4v) is 5.30. The molecule has 2 unspecified atom stereocenters. The Bertz CT molecular complexity index is 1510. The Labute approximate surface area is 277 Å². The van der Waals surface area contributed by atoms with Crippen LogP contribution in [-0.2, 0) is 25.4 Å². The van der Waals surface area contributed by atoms with E-state index in [1.165, 1.54) is 28.0 Å². The monoisotopic (exact) mass is 677 g/mol. The van der Waals surface area contributed by atoms with Crippen molar-refractivity contribution in [2.75, 3.05) is 26.3 Å². The highest BCUT2D eigenvalue weighted by Crippen LogP contribution is 2.23. The summed E-state index contributed by atoms with van der Waals surface area (Å²) in [6.45, 7) is 11.9. The molecule has 0 saturated carbocycles. The summed E-state index contributed by atoms with van der Waals surface area (Å²) in [5, 5.41) is 2.54. The van der Waals surface area contributed by atoms with E-state index in [1.54, 1.807) is 48.5 Å². The lowest BCUT2D eigenvalue weighted by molar-refractivity contribution is -0.137. The Balaban J connectivity index is 1.82. The Morgan fingerprint density at radius 3 is 1.83 bits per heavy atom. The largest absolute Gasteiger partial charge is 0.462 e. The number of rotatable bonds is 10. The molecule has 0 spiro atoms. The Hall–Kier alpha value is -4.62. The minimum Gasteiger partial charge on any atom is -0.462 e. The zero-order valence-corrected chi connectivity index (χ0v) is 28.2. The van der Waals surface area contributed by atoms with Gasteiger partial charge in [-0.15, -0.1) is 0 Å². The molecule has 1 aliphatic heterocycles. The molecule has 3 amide bonds. The van der Waals surface area contributed by atoms with Gasteiger partial charge in [0.05, 0.1) is 24.3 Å². The van der Waals surface area contributed by atoms with Crippen LogP contribution in [0.4, 0.5) is 18.0 Å². The van der Waals surface area contributed by atoms with Crippen molar-refractivity contribution in [3.8, 4) is 0 Å². The fraction of sp³-hybridized carbons (Fsp3) is 0.500. The summed E-state index contributed by atoms with van der Waals surface area (Å²) in [7, 11) is 0. The number of carbonyl (C=O) groups excluding carboxylic acids is 5. The summed E-state index contributed by atoms with van der Waals surface area (Å²) in [6.07, 6.45) is -1.56. The molecule has 1 saturated heterocycles. The maximum Gasteiger partial charge on any atom is 0.407 e. The zero-order valence-electron chi connectivity index (χ0n) is 28.2. The quantitative estimate of drug-likeness (QED) is 0.210. The molecule has 2 aromatic rings. The van der Waals surface area contributed by atoms with Crippen molar-refractivity contribution in [2.24, 2.45) is 0 Å². The number of esters is 2. The number of ether oxygens (including phenoxy) is 3. The number of hydrogen-bond acceptors (Lipinski definition) is 8. The molecule has 0 bridgehead atoms. The van der Waals surface area contributed by atoms with Gasteiger partial charge in [0.1, 0.15) is 11.4 Å². The van der Waals surface area contributed by atoms with E-state index in [9.17, 15) is 37.1 Å². The Morgan fingerprint density at radius 2 is 1.29 bits per heavy atom. The molecule has 262 valence electrons. The van der Waals surface area contributed by atoms with Crippen LogP contribution in [0.3, 0.4) is 0 Å². The summed E-state index contributed by atoms with van der Waals surface area (Å²) in [4.78, 5) is 68.1. The second kappa shape index (κ2) is 16.0. The van der Waals surface area contributed by atoms with Crippen LogP contribution < -0.4 is 5.32 Å². The first-order valence-electron chi connectivity index (χ1n) is 15.7. The van der Waals surface area contributed by atoms with E-state index < -0.39 is 71.0 Å². The highest BCUT2D eigenvalue weighted by atomic mass is 19.2. The maximum atomic E-state index is 14.5. The molecule has 14 heteroatoms. The lowest BCUT2D eigenvalue weighted by atomic mass is 9.99. The van der Waals surface area contributed by atoms with Gasteiger partial charge in [0.2, 0.25) is 5.91 Å². The molecule has 0 aliphatic carbocycles. The number of carbonyl (C=O) groups is 5. The minimum absolute atomic E-state index is 0.00118. The molecule has 1 fully saturated rings. The number of alkyl carbamates (subject to hydrolysis) is 1. The number of benzene rings is 2. The van der Waals surface area contributed by atoms with Gasteiger partial charge in [-0.1, -0.05) is 0 Å². The lowest BCUT2D eigenvalue weighted by Gasteiger charge is -2.44. The third kappa shape index (κ3) is 9.94. The summed E-state index contributed by atoms with van der Waals surface area (Å²) in [6, 6.07) is 2.93. The van der Waals surface area contributed by atoms with Crippen LogP contribution in [0.15, 0.2) is 30.3 Å². The second-order valence-electron chi connectivity index (χ2n) is 12.6. The normalized spacial score (nSPS) is 17.0. The number of piperazine rings is 1. The highest BCUT2D eigenvalue weighted by Gasteiger charge is 2.36. The molecule has 1 aliphatic rings. The van der Waals surface area contributed by atoms with Crippen molar-refractivity contribution in [1.82, 2.24) is 15.1 Å². The molecular weight excluding hydrogens is 635 g/mol. The summed E-state index contributed by atoms with van der Waals surface area (Å²) < 4.78 is 57.5. The summed E-state index contributed by atoms with van der Waals surface area (Å²) in [5.74, 6) is -6.05. The van der Waals surface area contributed by atoms with Crippen molar-refractivity contribution < 1.29 is 51.4 Å².